The summed E-state index contributed by atoms with van der Waals surface area (Å²) < 4.78 is 7.98. The molecular weight excluding hydrogens is 464 g/mol. The van der Waals surface area contributed by atoms with Gasteiger partial charge in [-0.1, -0.05) is 49.9 Å². The van der Waals surface area contributed by atoms with Crippen molar-refractivity contribution < 1.29 is 19.4 Å². The summed E-state index contributed by atoms with van der Waals surface area (Å²) in [4.78, 5) is 23.9. The number of carboxylic acid groups (broad SMARTS) is 1. The van der Waals surface area contributed by atoms with Gasteiger partial charge in [0.1, 0.15) is 5.75 Å². The molecule has 3 rings (SSSR count). The minimum atomic E-state index is -1.05. The van der Waals surface area contributed by atoms with E-state index in [2.05, 4.69) is 48.1 Å². The number of aromatic nitrogens is 3. The fraction of sp³-hybridized carbons (Fsp3) is 0.308. The molecule has 0 fully saturated rings. The van der Waals surface area contributed by atoms with Crippen molar-refractivity contribution in [2.24, 2.45) is 0 Å². The maximum atomic E-state index is 12.7. The summed E-state index contributed by atoms with van der Waals surface area (Å²) in [6, 6.07) is 14.1. The molecule has 2 unspecified atom stereocenters. The molecular formula is C26H30N4O4S. The second-order valence-corrected chi connectivity index (χ2v) is 9.67. The van der Waals surface area contributed by atoms with E-state index in [9.17, 15) is 9.59 Å². The number of thioether (sulfide) groups is 1. The molecule has 3 aromatic rings. The second-order valence-electron chi connectivity index (χ2n) is 8.36. The third-order valence-corrected chi connectivity index (χ3v) is 6.39. The van der Waals surface area contributed by atoms with E-state index in [0.29, 0.717) is 29.1 Å². The number of rotatable bonds is 11. The number of ether oxygens (including phenoxy) is 1. The van der Waals surface area contributed by atoms with Crippen LogP contribution in [0.15, 0.2) is 66.3 Å². The van der Waals surface area contributed by atoms with Crippen molar-refractivity contribution in [3.05, 3.63) is 78.1 Å². The van der Waals surface area contributed by atoms with Crippen LogP contribution < -0.4 is 10.1 Å². The SMILES string of the molecule is C=CCn1c(SC(C)C(=O)Nc2cccc(C(=O)O)c2)nnc1C(C)Oc1ccc(C(C)C)cc1. The molecule has 1 heterocycles. The zero-order chi connectivity index (χ0) is 25.5. The summed E-state index contributed by atoms with van der Waals surface area (Å²) >= 11 is 1.26. The third kappa shape index (κ3) is 6.73. The number of carboxylic acids is 1. The Labute approximate surface area is 209 Å². The van der Waals surface area contributed by atoms with Gasteiger partial charge in [0.25, 0.3) is 0 Å². The van der Waals surface area contributed by atoms with E-state index in [1.54, 1.807) is 25.1 Å². The van der Waals surface area contributed by atoms with E-state index in [1.807, 2.05) is 23.6 Å². The van der Waals surface area contributed by atoms with Gasteiger partial charge < -0.3 is 15.2 Å². The van der Waals surface area contributed by atoms with E-state index >= 15 is 0 Å². The lowest BCUT2D eigenvalue weighted by molar-refractivity contribution is -0.115. The molecule has 0 spiro atoms. The molecule has 2 atom stereocenters. The summed E-state index contributed by atoms with van der Waals surface area (Å²) in [6.45, 7) is 12.2. The van der Waals surface area contributed by atoms with Crippen LogP contribution in [0.3, 0.4) is 0 Å². The molecule has 8 nitrogen and oxygen atoms in total. The summed E-state index contributed by atoms with van der Waals surface area (Å²) in [7, 11) is 0. The lowest BCUT2D eigenvalue weighted by Crippen LogP contribution is -2.23. The van der Waals surface area contributed by atoms with Crippen LogP contribution in [-0.4, -0.2) is 37.0 Å². The van der Waals surface area contributed by atoms with Crippen LogP contribution in [0.2, 0.25) is 0 Å². The number of anilines is 1. The second kappa shape index (κ2) is 11.7. The van der Waals surface area contributed by atoms with Crippen LogP contribution in [0.4, 0.5) is 5.69 Å². The predicted octanol–water partition coefficient (Wildman–Crippen LogP) is 5.55. The molecule has 2 N–H and O–H groups in total. The van der Waals surface area contributed by atoms with Crippen LogP contribution in [-0.2, 0) is 11.3 Å². The molecule has 0 aliphatic rings. The van der Waals surface area contributed by atoms with E-state index < -0.39 is 11.2 Å². The Morgan fingerprint density at radius 3 is 2.49 bits per heavy atom. The molecule has 9 heteroatoms. The predicted molar refractivity (Wildman–Crippen MR) is 137 cm³/mol. The molecule has 0 aliphatic heterocycles. The molecule has 2 aromatic carbocycles. The Hall–Kier alpha value is -3.59. The summed E-state index contributed by atoms with van der Waals surface area (Å²) in [5, 5.41) is 20.6. The lowest BCUT2D eigenvalue weighted by atomic mass is 10.0. The molecule has 0 saturated heterocycles. The number of nitrogens with one attached hydrogen (secondary N) is 1. The number of nitrogens with zero attached hydrogens (tertiary/aromatic N) is 3. The van der Waals surface area contributed by atoms with Gasteiger partial charge in [0.2, 0.25) is 5.91 Å². The van der Waals surface area contributed by atoms with Crippen molar-refractivity contribution in [3.8, 4) is 5.75 Å². The average molecular weight is 495 g/mol. The zero-order valence-corrected chi connectivity index (χ0v) is 21.1. The summed E-state index contributed by atoms with van der Waals surface area (Å²) in [5.74, 6) is 0.474. The van der Waals surface area contributed by atoms with Crippen LogP contribution >= 0.6 is 11.8 Å². The fourth-order valence-electron chi connectivity index (χ4n) is 3.36. The standard InChI is InChI=1S/C26H30N4O4S/c1-6-14-30-23(17(4)34-22-12-10-19(11-13-22)16(2)3)28-29-26(30)35-18(5)24(31)27-21-9-7-8-20(15-21)25(32)33/h6-13,15-18H,1,14H2,2-5H3,(H,27,31)(H,32,33). The number of amides is 1. The number of allylic oxidation sites excluding steroid dienone is 1. The van der Waals surface area contributed by atoms with Crippen LogP contribution in [0.1, 0.15) is 61.5 Å². The molecule has 1 amide bonds. The molecule has 0 bridgehead atoms. The number of hydrogen-bond donors (Lipinski definition) is 2. The minimum Gasteiger partial charge on any atom is -0.483 e. The van der Waals surface area contributed by atoms with Crippen LogP contribution in [0.25, 0.3) is 0 Å². The number of aromatic carboxylic acids is 1. The Morgan fingerprint density at radius 2 is 1.86 bits per heavy atom. The Kier molecular flexibility index (Phi) is 8.70. The maximum absolute atomic E-state index is 12.7. The van der Waals surface area contributed by atoms with E-state index in [0.717, 1.165) is 5.75 Å². The normalized spacial score (nSPS) is 12.7. The topological polar surface area (TPSA) is 106 Å². The van der Waals surface area contributed by atoms with Gasteiger partial charge in [-0.25, -0.2) is 4.79 Å². The van der Waals surface area contributed by atoms with Gasteiger partial charge in [0.05, 0.1) is 10.8 Å². The number of hydrogen-bond acceptors (Lipinski definition) is 6. The first-order valence-corrected chi connectivity index (χ1v) is 12.2. The summed E-state index contributed by atoms with van der Waals surface area (Å²) in [5.41, 5.74) is 1.76. The van der Waals surface area contributed by atoms with Gasteiger partial charge in [-0.3, -0.25) is 9.36 Å². The molecule has 0 aliphatic carbocycles. The van der Waals surface area contributed by atoms with Gasteiger partial charge in [-0.05, 0) is 55.7 Å². The van der Waals surface area contributed by atoms with Gasteiger partial charge in [-0.2, -0.15) is 0 Å². The number of benzene rings is 2. The average Bonchev–Trinajstić information content (AvgIpc) is 3.22. The smallest absolute Gasteiger partial charge is 0.335 e. The fourth-order valence-corrected chi connectivity index (χ4v) is 4.23. The monoisotopic (exact) mass is 494 g/mol. The highest BCUT2D eigenvalue weighted by Gasteiger charge is 2.23. The van der Waals surface area contributed by atoms with Crippen molar-refractivity contribution in [1.82, 2.24) is 14.8 Å². The molecule has 35 heavy (non-hydrogen) atoms. The van der Waals surface area contributed by atoms with E-state index in [-0.39, 0.29) is 17.6 Å². The number of carbonyl (C=O) groups excluding carboxylic acids is 1. The highest BCUT2D eigenvalue weighted by Crippen LogP contribution is 2.28. The van der Waals surface area contributed by atoms with E-state index in [4.69, 9.17) is 9.84 Å². The minimum absolute atomic E-state index is 0.103. The summed E-state index contributed by atoms with van der Waals surface area (Å²) in [6.07, 6.45) is 1.37. The first-order valence-electron chi connectivity index (χ1n) is 11.3. The van der Waals surface area contributed by atoms with Gasteiger partial charge >= 0.3 is 5.97 Å². The lowest BCUT2D eigenvalue weighted by Gasteiger charge is -2.17. The molecule has 0 radical (unpaired) electrons. The molecule has 184 valence electrons. The van der Waals surface area contributed by atoms with Gasteiger partial charge in [0.15, 0.2) is 17.1 Å². The van der Waals surface area contributed by atoms with Crippen molar-refractivity contribution in [3.63, 3.8) is 0 Å². The van der Waals surface area contributed by atoms with Gasteiger partial charge in [0, 0.05) is 12.2 Å². The zero-order valence-electron chi connectivity index (χ0n) is 20.3. The molecule has 1 aromatic heterocycles. The highest BCUT2D eigenvalue weighted by molar-refractivity contribution is 8.00. The highest BCUT2D eigenvalue weighted by atomic mass is 32.2. The quantitative estimate of drug-likeness (QED) is 0.266. The number of carbonyl (C=O) groups is 2. The van der Waals surface area contributed by atoms with Crippen LogP contribution in [0, 0.1) is 0 Å². The Bertz CT molecular complexity index is 1190. The first kappa shape index (κ1) is 26.0. The van der Waals surface area contributed by atoms with Crippen molar-refractivity contribution in [1.29, 1.82) is 0 Å². The maximum Gasteiger partial charge on any atom is 0.335 e. The Morgan fingerprint density at radius 1 is 1.14 bits per heavy atom. The largest absolute Gasteiger partial charge is 0.483 e. The van der Waals surface area contributed by atoms with Crippen molar-refractivity contribution in [2.45, 2.75) is 56.7 Å². The molecule has 0 saturated carbocycles. The van der Waals surface area contributed by atoms with Gasteiger partial charge in [-0.15, -0.1) is 16.8 Å². The van der Waals surface area contributed by atoms with Crippen molar-refractivity contribution in [2.75, 3.05) is 5.32 Å². The van der Waals surface area contributed by atoms with E-state index in [1.165, 1.54) is 29.5 Å². The van der Waals surface area contributed by atoms with Crippen LogP contribution in [0.5, 0.6) is 5.75 Å². The van der Waals surface area contributed by atoms with Crippen molar-refractivity contribution >= 4 is 29.3 Å². The first-order chi connectivity index (χ1) is 16.7. The third-order valence-electron chi connectivity index (χ3n) is 5.31. The Balaban J connectivity index is 1.71.